The van der Waals surface area contributed by atoms with Crippen LogP contribution < -0.4 is 0 Å². The molecule has 2 nitrogen and oxygen atoms in total. The number of carboxylic acids is 1. The number of fused-ring (bicyclic) bond motifs is 3. The maximum atomic E-state index is 12.7. The topological polar surface area (TPSA) is 37.3 Å². The SMILES string of the molecule is CC(C)C1CC[C@]2(C)C[C@H]3C(=C(C(=O)O)[C@@]45CC[C@@H](C)[C@@H]4CC[C@@]35C)C[C@@H]12. The predicted octanol–water partition coefficient (Wildman–Crippen LogP) is 6.31. The molecule has 0 aliphatic heterocycles. The zero-order valence-electron chi connectivity index (χ0n) is 18.0. The fraction of sp³-hybridized carbons (Fsp3) is 0.880. The van der Waals surface area contributed by atoms with E-state index in [1.54, 1.807) is 0 Å². The highest BCUT2D eigenvalue weighted by molar-refractivity contribution is 5.91. The van der Waals surface area contributed by atoms with Crippen LogP contribution in [0.4, 0.5) is 0 Å². The first-order chi connectivity index (χ1) is 12.7. The van der Waals surface area contributed by atoms with Gasteiger partial charge in [-0.05, 0) is 97.7 Å². The first-order valence-corrected chi connectivity index (χ1v) is 11.6. The van der Waals surface area contributed by atoms with E-state index in [2.05, 4.69) is 34.6 Å². The number of rotatable bonds is 2. The summed E-state index contributed by atoms with van der Waals surface area (Å²) < 4.78 is 0. The third-order valence-corrected chi connectivity index (χ3v) is 10.9. The van der Waals surface area contributed by atoms with Crippen molar-refractivity contribution in [2.45, 2.75) is 86.0 Å². The number of carbonyl (C=O) groups is 1. The first kappa shape index (κ1) is 18.3. The van der Waals surface area contributed by atoms with Crippen LogP contribution in [0.25, 0.3) is 0 Å². The van der Waals surface area contributed by atoms with Crippen LogP contribution in [0, 0.1) is 51.8 Å². The maximum absolute atomic E-state index is 12.7. The summed E-state index contributed by atoms with van der Waals surface area (Å²) in [6, 6.07) is 0. The van der Waals surface area contributed by atoms with Crippen molar-refractivity contribution in [3.05, 3.63) is 11.1 Å². The van der Waals surface area contributed by atoms with Crippen LogP contribution in [0.1, 0.15) is 86.0 Å². The van der Waals surface area contributed by atoms with Gasteiger partial charge >= 0.3 is 5.97 Å². The second kappa shape index (κ2) is 5.42. The molecule has 1 N–H and O–H groups in total. The molecule has 5 aliphatic carbocycles. The maximum Gasteiger partial charge on any atom is 0.332 e. The third-order valence-electron chi connectivity index (χ3n) is 10.9. The molecular formula is C25H38O2. The number of allylic oxidation sites excluding steroid dienone is 1. The molecule has 1 spiro atoms. The number of aliphatic carboxylic acids is 1. The molecule has 0 bridgehead atoms. The van der Waals surface area contributed by atoms with Crippen LogP contribution in [-0.2, 0) is 4.79 Å². The van der Waals surface area contributed by atoms with E-state index in [4.69, 9.17) is 0 Å². The molecule has 1 unspecified atom stereocenters. The minimum absolute atomic E-state index is 0.0133. The van der Waals surface area contributed by atoms with Gasteiger partial charge in [-0.1, -0.05) is 40.2 Å². The molecule has 8 atom stereocenters. The Balaban J connectivity index is 1.66. The van der Waals surface area contributed by atoms with E-state index in [0.29, 0.717) is 29.1 Å². The van der Waals surface area contributed by atoms with Gasteiger partial charge in [0.15, 0.2) is 0 Å². The summed E-state index contributed by atoms with van der Waals surface area (Å²) >= 11 is 0. The van der Waals surface area contributed by atoms with E-state index in [-0.39, 0.29) is 10.8 Å². The summed E-state index contributed by atoms with van der Waals surface area (Å²) in [5, 5.41) is 10.5. The molecule has 0 radical (unpaired) electrons. The Kier molecular flexibility index (Phi) is 3.66. The molecule has 0 amide bonds. The largest absolute Gasteiger partial charge is 0.478 e. The van der Waals surface area contributed by atoms with E-state index >= 15 is 0 Å². The van der Waals surface area contributed by atoms with Gasteiger partial charge in [0.2, 0.25) is 0 Å². The van der Waals surface area contributed by atoms with Crippen molar-refractivity contribution in [3.63, 3.8) is 0 Å². The zero-order valence-corrected chi connectivity index (χ0v) is 18.0. The van der Waals surface area contributed by atoms with E-state index in [9.17, 15) is 9.90 Å². The summed E-state index contributed by atoms with van der Waals surface area (Å²) in [5.41, 5.74) is 2.97. The molecule has 0 aromatic heterocycles. The highest BCUT2D eigenvalue weighted by Crippen LogP contribution is 2.79. The van der Waals surface area contributed by atoms with E-state index < -0.39 is 5.97 Å². The predicted molar refractivity (Wildman–Crippen MR) is 108 cm³/mol. The van der Waals surface area contributed by atoms with Gasteiger partial charge in [0.1, 0.15) is 0 Å². The minimum atomic E-state index is -0.567. The molecule has 2 heteroatoms. The van der Waals surface area contributed by atoms with Gasteiger partial charge in [0.25, 0.3) is 0 Å². The van der Waals surface area contributed by atoms with E-state index in [0.717, 1.165) is 30.3 Å². The van der Waals surface area contributed by atoms with Gasteiger partial charge in [0, 0.05) is 11.0 Å². The van der Waals surface area contributed by atoms with Crippen molar-refractivity contribution in [1.29, 1.82) is 0 Å². The Morgan fingerprint density at radius 2 is 1.81 bits per heavy atom. The number of hydrogen-bond donors (Lipinski definition) is 1. The van der Waals surface area contributed by atoms with Crippen LogP contribution in [-0.4, -0.2) is 11.1 Å². The summed E-state index contributed by atoms with van der Waals surface area (Å²) in [6.45, 7) is 12.2. The molecule has 4 saturated carbocycles. The van der Waals surface area contributed by atoms with Crippen LogP contribution in [0.3, 0.4) is 0 Å². The molecular weight excluding hydrogens is 332 g/mol. The smallest absolute Gasteiger partial charge is 0.332 e. The van der Waals surface area contributed by atoms with Gasteiger partial charge in [-0.3, -0.25) is 0 Å². The summed E-state index contributed by atoms with van der Waals surface area (Å²) in [7, 11) is 0. The minimum Gasteiger partial charge on any atom is -0.478 e. The molecule has 0 aromatic carbocycles. The second-order valence-electron chi connectivity index (χ2n) is 11.9. The number of hydrogen-bond acceptors (Lipinski definition) is 1. The van der Waals surface area contributed by atoms with Crippen LogP contribution in [0.2, 0.25) is 0 Å². The van der Waals surface area contributed by atoms with Crippen molar-refractivity contribution in [1.82, 2.24) is 0 Å². The summed E-state index contributed by atoms with van der Waals surface area (Å²) in [6.07, 6.45) is 9.92. The van der Waals surface area contributed by atoms with Gasteiger partial charge in [-0.2, -0.15) is 0 Å². The van der Waals surface area contributed by atoms with Crippen molar-refractivity contribution in [3.8, 4) is 0 Å². The molecule has 4 fully saturated rings. The van der Waals surface area contributed by atoms with Gasteiger partial charge in [-0.15, -0.1) is 0 Å². The molecule has 5 rings (SSSR count). The summed E-state index contributed by atoms with van der Waals surface area (Å²) in [5.74, 6) is 3.47. The summed E-state index contributed by atoms with van der Waals surface area (Å²) in [4.78, 5) is 12.7. The first-order valence-electron chi connectivity index (χ1n) is 11.6. The Bertz CT molecular complexity index is 720. The van der Waals surface area contributed by atoms with Crippen LogP contribution in [0.15, 0.2) is 11.1 Å². The molecule has 150 valence electrons. The van der Waals surface area contributed by atoms with E-state index in [1.807, 2.05) is 0 Å². The lowest BCUT2D eigenvalue weighted by atomic mass is 9.54. The molecule has 0 saturated heterocycles. The molecule has 0 aromatic rings. The fourth-order valence-corrected chi connectivity index (χ4v) is 9.65. The van der Waals surface area contributed by atoms with Crippen molar-refractivity contribution >= 4 is 5.97 Å². The van der Waals surface area contributed by atoms with Gasteiger partial charge in [-0.25, -0.2) is 4.79 Å². The standard InChI is InChI=1S/C25H38O2/c1-14(2)16-7-9-23(4)13-20-17(12-19(16)23)21(22(26)27)25-11-6-15(3)18(25)8-10-24(20,25)5/h14-16,18-20H,6-13H2,1-5H3,(H,26,27)/t15-,16?,18+,19+,20+,23-,24+,25-/m1/s1. The average molecular weight is 371 g/mol. The molecule has 0 heterocycles. The molecule has 27 heavy (non-hydrogen) atoms. The highest BCUT2D eigenvalue weighted by atomic mass is 16.4. The van der Waals surface area contributed by atoms with Crippen molar-refractivity contribution < 1.29 is 9.90 Å². The average Bonchev–Trinajstić information content (AvgIpc) is 3.23. The Hall–Kier alpha value is -0.790. The third kappa shape index (κ3) is 1.96. The lowest BCUT2D eigenvalue weighted by Gasteiger charge is -2.49. The molecule has 5 aliphatic rings. The Morgan fingerprint density at radius 3 is 2.48 bits per heavy atom. The second-order valence-corrected chi connectivity index (χ2v) is 11.9. The van der Waals surface area contributed by atoms with Gasteiger partial charge in [0.05, 0.1) is 0 Å². The van der Waals surface area contributed by atoms with Gasteiger partial charge < -0.3 is 5.11 Å². The monoisotopic (exact) mass is 370 g/mol. The van der Waals surface area contributed by atoms with Crippen molar-refractivity contribution in [2.24, 2.45) is 51.8 Å². The van der Waals surface area contributed by atoms with Crippen LogP contribution in [0.5, 0.6) is 0 Å². The van der Waals surface area contributed by atoms with Crippen LogP contribution >= 0.6 is 0 Å². The highest BCUT2D eigenvalue weighted by Gasteiger charge is 2.72. The Labute approximate surface area is 165 Å². The fourth-order valence-electron chi connectivity index (χ4n) is 9.65. The quantitative estimate of drug-likeness (QED) is 0.618. The normalized spacial score (nSPS) is 53.5. The van der Waals surface area contributed by atoms with Crippen molar-refractivity contribution in [2.75, 3.05) is 0 Å². The lowest BCUT2D eigenvalue weighted by molar-refractivity contribution is -0.135. The number of carboxylic acid groups (broad SMARTS) is 1. The van der Waals surface area contributed by atoms with E-state index in [1.165, 1.54) is 44.1 Å². The Morgan fingerprint density at radius 1 is 1.07 bits per heavy atom. The lowest BCUT2D eigenvalue weighted by Crippen LogP contribution is -2.43. The zero-order chi connectivity index (χ0) is 19.4.